The van der Waals surface area contributed by atoms with E-state index >= 15 is 0 Å². The van der Waals surface area contributed by atoms with Crippen LogP contribution in [0.25, 0.3) is 0 Å². The normalized spacial score (nSPS) is 9.93. The van der Waals surface area contributed by atoms with Crippen LogP contribution in [-0.4, -0.2) is 47.8 Å². The van der Waals surface area contributed by atoms with Gasteiger partial charge < -0.3 is 21.3 Å². The van der Waals surface area contributed by atoms with Gasteiger partial charge in [0.25, 0.3) is 5.91 Å². The smallest absolute Gasteiger partial charge is 0.253 e. The maximum absolute atomic E-state index is 11.7. The van der Waals surface area contributed by atoms with E-state index in [1.54, 1.807) is 0 Å². The first-order valence-corrected chi connectivity index (χ1v) is 7.51. The lowest BCUT2D eigenvalue weighted by Gasteiger charge is -2.11. The molecule has 4 N–H and O–H groups in total. The third-order valence-electron chi connectivity index (χ3n) is 2.62. The highest BCUT2D eigenvalue weighted by atomic mass is 16.2. The van der Waals surface area contributed by atoms with Gasteiger partial charge in [-0.2, -0.15) is 0 Å². The summed E-state index contributed by atoms with van der Waals surface area (Å²) >= 11 is 0. The summed E-state index contributed by atoms with van der Waals surface area (Å²) in [5.74, 6) is -2.69. The molecule has 0 atom stereocenters. The highest BCUT2D eigenvalue weighted by Crippen LogP contribution is 1.95. The number of rotatable bonds is 11. The average molecular weight is 375 g/mol. The Morgan fingerprint density at radius 3 is 1.33 bits per heavy atom. The molecule has 0 radical (unpaired) electrons. The number of hydrogen-bond acceptors (Lipinski definition) is 5. The minimum atomic E-state index is -0.594. The van der Waals surface area contributed by atoms with Crippen LogP contribution in [0.1, 0.15) is 0 Å². The van der Waals surface area contributed by atoms with E-state index < -0.39 is 29.5 Å². The predicted molar refractivity (Wildman–Crippen MR) is 98.0 cm³/mol. The van der Waals surface area contributed by atoms with Crippen molar-refractivity contribution in [1.82, 2.24) is 26.2 Å². The molecular formula is C17H21N5O5. The van der Waals surface area contributed by atoms with Crippen molar-refractivity contribution in [3.8, 4) is 0 Å². The first-order chi connectivity index (χ1) is 12.8. The first-order valence-electron chi connectivity index (χ1n) is 7.51. The van der Waals surface area contributed by atoms with E-state index in [4.69, 9.17) is 0 Å². The zero-order valence-electron chi connectivity index (χ0n) is 14.6. The summed E-state index contributed by atoms with van der Waals surface area (Å²) < 4.78 is 0. The molecule has 10 heteroatoms. The largest absolute Gasteiger partial charge is 0.335 e. The molecule has 0 aromatic carbocycles. The average Bonchev–Trinajstić information content (AvgIpc) is 2.66. The Bertz CT molecular complexity index is 633. The standard InChI is InChI=1S/C17H21N5O5/c1-4-13(23)18-11-20-15(25)7-9-22(17(27)6-3)10-8-16(26)21-12-19-14(24)5-2/h4-10H,1-3,11-12H2,(H,18,23)(H,19,24)(H,20,25)(H,21,26). The zero-order chi connectivity index (χ0) is 20.7. The van der Waals surface area contributed by atoms with E-state index in [-0.39, 0.29) is 13.3 Å². The molecule has 0 saturated heterocycles. The summed E-state index contributed by atoms with van der Waals surface area (Å²) in [5.41, 5.74) is 0. The quantitative estimate of drug-likeness (QED) is 0.265. The maximum atomic E-state index is 11.7. The van der Waals surface area contributed by atoms with Crippen molar-refractivity contribution in [3.63, 3.8) is 0 Å². The third-order valence-corrected chi connectivity index (χ3v) is 2.62. The van der Waals surface area contributed by atoms with Gasteiger partial charge in [-0.1, -0.05) is 19.7 Å². The van der Waals surface area contributed by atoms with Gasteiger partial charge in [-0.25, -0.2) is 0 Å². The molecule has 0 heterocycles. The third kappa shape index (κ3) is 11.3. The lowest BCUT2D eigenvalue weighted by atomic mass is 10.4. The van der Waals surface area contributed by atoms with Gasteiger partial charge in [0, 0.05) is 24.6 Å². The molecule has 0 bridgehead atoms. The lowest BCUT2D eigenvalue weighted by Crippen LogP contribution is -2.36. The topological polar surface area (TPSA) is 137 Å². The second-order valence-electron chi connectivity index (χ2n) is 4.51. The fourth-order valence-corrected chi connectivity index (χ4v) is 1.30. The van der Waals surface area contributed by atoms with E-state index in [9.17, 15) is 24.0 Å². The second-order valence-corrected chi connectivity index (χ2v) is 4.51. The van der Waals surface area contributed by atoms with Crippen molar-refractivity contribution in [1.29, 1.82) is 0 Å². The number of carbonyl (C=O) groups is 5. The Balaban J connectivity index is 4.65. The molecule has 27 heavy (non-hydrogen) atoms. The molecule has 0 aliphatic rings. The monoisotopic (exact) mass is 375 g/mol. The van der Waals surface area contributed by atoms with E-state index in [1.807, 2.05) is 0 Å². The minimum absolute atomic E-state index is 0.127. The van der Waals surface area contributed by atoms with Gasteiger partial charge in [0.2, 0.25) is 23.6 Å². The van der Waals surface area contributed by atoms with Crippen molar-refractivity contribution in [2.45, 2.75) is 0 Å². The van der Waals surface area contributed by atoms with Crippen LogP contribution in [-0.2, 0) is 24.0 Å². The molecule has 0 rings (SSSR count). The van der Waals surface area contributed by atoms with Crippen molar-refractivity contribution < 1.29 is 24.0 Å². The summed E-state index contributed by atoms with van der Waals surface area (Å²) in [7, 11) is 0. The van der Waals surface area contributed by atoms with Crippen LogP contribution in [0.15, 0.2) is 62.5 Å². The van der Waals surface area contributed by atoms with Crippen LogP contribution in [0.4, 0.5) is 0 Å². The van der Waals surface area contributed by atoms with Gasteiger partial charge in [0.15, 0.2) is 0 Å². The molecular weight excluding hydrogens is 354 g/mol. The van der Waals surface area contributed by atoms with Gasteiger partial charge in [-0.3, -0.25) is 28.9 Å². The number of hydrogen-bond donors (Lipinski definition) is 4. The molecule has 0 aliphatic carbocycles. The molecule has 0 spiro atoms. The van der Waals surface area contributed by atoms with Crippen molar-refractivity contribution in [3.05, 3.63) is 62.5 Å². The number of amides is 5. The van der Waals surface area contributed by atoms with Gasteiger partial charge in [-0.15, -0.1) is 0 Å². The van der Waals surface area contributed by atoms with Crippen LogP contribution >= 0.6 is 0 Å². The van der Waals surface area contributed by atoms with E-state index in [0.717, 1.165) is 47.7 Å². The Labute approximate surface area is 156 Å². The highest BCUT2D eigenvalue weighted by molar-refractivity contribution is 5.93. The zero-order valence-corrected chi connectivity index (χ0v) is 14.6. The van der Waals surface area contributed by atoms with E-state index in [0.29, 0.717) is 0 Å². The lowest BCUT2D eigenvalue weighted by molar-refractivity contribution is -0.121. The van der Waals surface area contributed by atoms with Crippen molar-refractivity contribution in [2.24, 2.45) is 0 Å². The van der Waals surface area contributed by atoms with Crippen LogP contribution in [0, 0.1) is 0 Å². The van der Waals surface area contributed by atoms with Crippen LogP contribution in [0.2, 0.25) is 0 Å². The maximum Gasteiger partial charge on any atom is 0.253 e. The summed E-state index contributed by atoms with van der Waals surface area (Å²) in [5, 5.41) is 9.36. The van der Waals surface area contributed by atoms with Gasteiger partial charge >= 0.3 is 0 Å². The molecule has 5 amide bonds. The Morgan fingerprint density at radius 2 is 1.00 bits per heavy atom. The summed E-state index contributed by atoms with van der Waals surface area (Å²) in [6.45, 7) is 9.58. The second kappa shape index (κ2) is 13.4. The molecule has 144 valence electrons. The van der Waals surface area contributed by atoms with Gasteiger partial charge in [0.05, 0.1) is 13.3 Å². The SMILES string of the molecule is C=CC(=O)NCNC(=O)C=CN(C=CC(=O)NCNC(=O)C=C)C(=O)C=C. The molecule has 0 saturated carbocycles. The molecule has 0 unspecified atom stereocenters. The highest BCUT2D eigenvalue weighted by Gasteiger charge is 2.05. The van der Waals surface area contributed by atoms with Gasteiger partial charge in [0.1, 0.15) is 0 Å². The predicted octanol–water partition coefficient (Wildman–Crippen LogP) is -1.22. The Hall–Kier alpha value is -3.95. The number of nitrogens with one attached hydrogen (secondary N) is 4. The number of carbonyl (C=O) groups excluding carboxylic acids is 5. The van der Waals surface area contributed by atoms with E-state index in [1.165, 1.54) is 0 Å². The molecule has 0 fully saturated rings. The molecule has 0 aliphatic heterocycles. The van der Waals surface area contributed by atoms with E-state index in [2.05, 4.69) is 41.0 Å². The van der Waals surface area contributed by atoms with Crippen molar-refractivity contribution >= 4 is 29.5 Å². The number of nitrogens with zero attached hydrogens (tertiary/aromatic N) is 1. The summed E-state index contributed by atoms with van der Waals surface area (Å²) in [6, 6.07) is 0. The Morgan fingerprint density at radius 1 is 0.630 bits per heavy atom. The van der Waals surface area contributed by atoms with Crippen LogP contribution < -0.4 is 21.3 Å². The fraction of sp³-hybridized carbons (Fsp3) is 0.118. The molecule has 10 nitrogen and oxygen atoms in total. The van der Waals surface area contributed by atoms with Crippen LogP contribution in [0.5, 0.6) is 0 Å². The fourth-order valence-electron chi connectivity index (χ4n) is 1.30. The minimum Gasteiger partial charge on any atom is -0.335 e. The summed E-state index contributed by atoms with van der Waals surface area (Å²) in [4.78, 5) is 57.7. The molecule has 0 aromatic heterocycles. The molecule has 0 aromatic rings. The van der Waals surface area contributed by atoms with Gasteiger partial charge in [-0.05, 0) is 18.2 Å². The Kier molecular flexibility index (Phi) is 11.4. The van der Waals surface area contributed by atoms with Crippen LogP contribution in [0.3, 0.4) is 0 Å². The summed E-state index contributed by atoms with van der Waals surface area (Å²) in [6.07, 6.45) is 7.34. The first kappa shape index (κ1) is 23.1. The van der Waals surface area contributed by atoms with Crippen molar-refractivity contribution in [2.75, 3.05) is 13.3 Å².